The van der Waals surface area contributed by atoms with Crippen molar-refractivity contribution in [1.82, 2.24) is 9.80 Å². The Kier molecular flexibility index (Phi) is 3.99. The molecule has 6 rings (SSSR count). The number of hydrogen-bond acceptors (Lipinski definition) is 5. The van der Waals surface area contributed by atoms with Crippen molar-refractivity contribution in [2.24, 2.45) is 0 Å². The van der Waals surface area contributed by atoms with Crippen LogP contribution in [0.25, 0.3) is 6.08 Å². The molecule has 1 aromatic heterocycles. The molecule has 6 nitrogen and oxygen atoms in total. The number of carbonyl (C=O) groups is 1. The summed E-state index contributed by atoms with van der Waals surface area (Å²) in [4.78, 5) is 17.2. The van der Waals surface area contributed by atoms with Gasteiger partial charge in [-0.3, -0.25) is 4.79 Å². The van der Waals surface area contributed by atoms with E-state index in [1.165, 1.54) is 11.1 Å². The van der Waals surface area contributed by atoms with Gasteiger partial charge in [-0.15, -0.1) is 0 Å². The van der Waals surface area contributed by atoms with Crippen LogP contribution >= 0.6 is 0 Å². The average Bonchev–Trinajstić information content (AvgIpc) is 3.39. The lowest BCUT2D eigenvalue weighted by atomic mass is 9.48. The van der Waals surface area contributed by atoms with E-state index < -0.39 is 11.0 Å². The van der Waals surface area contributed by atoms with Crippen molar-refractivity contribution < 1.29 is 19.1 Å². The van der Waals surface area contributed by atoms with Crippen LogP contribution < -0.4 is 4.74 Å². The van der Waals surface area contributed by atoms with E-state index >= 15 is 0 Å². The van der Waals surface area contributed by atoms with E-state index in [4.69, 9.17) is 9.15 Å². The van der Waals surface area contributed by atoms with E-state index in [-0.39, 0.29) is 24.1 Å². The second-order valence-corrected chi connectivity index (χ2v) is 9.62. The number of aliphatic hydroxyl groups is 1. The van der Waals surface area contributed by atoms with E-state index in [9.17, 15) is 9.90 Å². The molecule has 2 fully saturated rings. The molecule has 31 heavy (non-hydrogen) atoms. The van der Waals surface area contributed by atoms with Crippen molar-refractivity contribution in [2.45, 2.75) is 54.9 Å². The molecular formula is C25H28N2O4. The highest BCUT2D eigenvalue weighted by Crippen LogP contribution is 2.64. The SMILES string of the molecule is CN1CC[C@]23c4c5cccc4O[C@H]2[C@@H](N(C)C(=O)/C=C/c2ccoc2)CC[C@@]3(O)[C@H]1C5. The van der Waals surface area contributed by atoms with Crippen LogP contribution in [0.5, 0.6) is 5.75 Å². The van der Waals surface area contributed by atoms with Gasteiger partial charge in [-0.05, 0) is 63.0 Å². The van der Waals surface area contributed by atoms with E-state index in [1.54, 1.807) is 24.7 Å². The van der Waals surface area contributed by atoms with Gasteiger partial charge in [0.1, 0.15) is 11.9 Å². The molecule has 2 aliphatic heterocycles. The molecule has 1 saturated carbocycles. The van der Waals surface area contributed by atoms with E-state index in [1.807, 2.05) is 24.1 Å². The fourth-order valence-electron chi connectivity index (χ4n) is 6.91. The summed E-state index contributed by atoms with van der Waals surface area (Å²) in [5.74, 6) is 0.832. The predicted molar refractivity (Wildman–Crippen MR) is 116 cm³/mol. The molecule has 5 atom stereocenters. The first-order chi connectivity index (χ1) is 15.0. The second kappa shape index (κ2) is 6.47. The van der Waals surface area contributed by atoms with Crippen molar-refractivity contribution in [3.8, 4) is 5.75 Å². The number of nitrogens with zero attached hydrogens (tertiary/aromatic N) is 2. The third-order valence-electron chi connectivity index (χ3n) is 8.40. The maximum absolute atomic E-state index is 13.0. The van der Waals surface area contributed by atoms with Crippen molar-refractivity contribution in [1.29, 1.82) is 0 Å². The minimum atomic E-state index is -0.836. The Morgan fingerprint density at radius 1 is 1.32 bits per heavy atom. The zero-order valence-corrected chi connectivity index (χ0v) is 18.0. The maximum atomic E-state index is 13.0. The standard InChI is InChI=1S/C25H28N2O4/c1-26-12-11-24-22-17-4-3-5-19(22)31-23(24)18(8-10-25(24,29)20(26)14-17)27(2)21(28)7-6-16-9-13-30-15-16/h3-7,9,13,15,18,20,23,29H,8,10-12,14H2,1-2H3/b7-6+/t18-,20+,23-,24-,25+/m0/s1. The lowest BCUT2D eigenvalue weighted by Gasteiger charge is -2.64. The molecule has 4 aliphatic rings. The lowest BCUT2D eigenvalue weighted by molar-refractivity contribution is -0.195. The van der Waals surface area contributed by atoms with Gasteiger partial charge in [0.05, 0.1) is 29.6 Å². The number of carbonyl (C=O) groups excluding carboxylic acids is 1. The van der Waals surface area contributed by atoms with E-state index in [0.717, 1.165) is 37.1 Å². The van der Waals surface area contributed by atoms with Gasteiger partial charge in [0.25, 0.3) is 0 Å². The van der Waals surface area contributed by atoms with Crippen molar-refractivity contribution in [2.75, 3.05) is 20.6 Å². The quantitative estimate of drug-likeness (QED) is 0.774. The monoisotopic (exact) mass is 420 g/mol. The zero-order chi connectivity index (χ0) is 21.4. The number of rotatable bonds is 3. The highest BCUT2D eigenvalue weighted by Gasteiger charge is 2.72. The molecule has 2 aromatic rings. The summed E-state index contributed by atoms with van der Waals surface area (Å²) in [5, 5.41) is 12.2. The van der Waals surface area contributed by atoms with Gasteiger partial charge in [0.15, 0.2) is 0 Å². The summed E-state index contributed by atoms with van der Waals surface area (Å²) >= 11 is 0. The smallest absolute Gasteiger partial charge is 0.246 e. The topological polar surface area (TPSA) is 66.2 Å². The summed E-state index contributed by atoms with van der Waals surface area (Å²) < 4.78 is 11.7. The van der Waals surface area contributed by atoms with Crippen LogP contribution in [0.15, 0.2) is 47.3 Å². The molecule has 1 spiro atoms. The van der Waals surface area contributed by atoms with E-state index in [2.05, 4.69) is 24.1 Å². The van der Waals surface area contributed by atoms with Crippen LogP contribution in [0.2, 0.25) is 0 Å². The van der Waals surface area contributed by atoms with Crippen molar-refractivity contribution in [3.05, 3.63) is 59.6 Å². The average molecular weight is 421 g/mol. The first kappa shape index (κ1) is 19.1. The van der Waals surface area contributed by atoms with Gasteiger partial charge in [-0.2, -0.15) is 0 Å². The Hall–Kier alpha value is -2.57. The van der Waals surface area contributed by atoms with Crippen LogP contribution in [0.1, 0.15) is 36.0 Å². The van der Waals surface area contributed by atoms with E-state index in [0.29, 0.717) is 6.42 Å². The van der Waals surface area contributed by atoms with Gasteiger partial charge in [-0.1, -0.05) is 12.1 Å². The summed E-state index contributed by atoms with van der Waals surface area (Å²) in [6, 6.07) is 8.08. The number of likely N-dealkylation sites (N-methyl/N-ethyl adjacent to an activating group) is 2. The van der Waals surface area contributed by atoms with Crippen LogP contribution in [-0.2, 0) is 16.6 Å². The zero-order valence-electron chi connectivity index (χ0n) is 18.0. The molecule has 1 amide bonds. The highest BCUT2D eigenvalue weighted by atomic mass is 16.5. The third-order valence-corrected chi connectivity index (χ3v) is 8.40. The third kappa shape index (κ3) is 2.37. The number of benzene rings is 1. The molecule has 2 aliphatic carbocycles. The Morgan fingerprint density at radius 3 is 3.00 bits per heavy atom. The lowest BCUT2D eigenvalue weighted by Crippen LogP contribution is -2.77. The molecule has 0 unspecified atom stereocenters. The van der Waals surface area contributed by atoms with Gasteiger partial charge in [-0.25, -0.2) is 0 Å². The maximum Gasteiger partial charge on any atom is 0.246 e. The Bertz CT molecular complexity index is 1060. The first-order valence-corrected chi connectivity index (χ1v) is 11.1. The fourth-order valence-corrected chi connectivity index (χ4v) is 6.91. The number of furan rings is 1. The molecule has 1 aromatic carbocycles. The fraction of sp³-hybridized carbons (Fsp3) is 0.480. The van der Waals surface area contributed by atoms with Crippen LogP contribution in [0.3, 0.4) is 0 Å². The minimum Gasteiger partial charge on any atom is -0.487 e. The molecule has 1 N–H and O–H groups in total. The van der Waals surface area contributed by atoms with Crippen molar-refractivity contribution >= 4 is 12.0 Å². The summed E-state index contributed by atoms with van der Waals surface area (Å²) in [5.41, 5.74) is 2.05. The molecule has 0 radical (unpaired) electrons. The Morgan fingerprint density at radius 2 is 2.19 bits per heavy atom. The Balaban J connectivity index is 1.40. The van der Waals surface area contributed by atoms with Gasteiger partial charge >= 0.3 is 0 Å². The summed E-state index contributed by atoms with van der Waals surface area (Å²) in [7, 11) is 3.98. The summed E-state index contributed by atoms with van der Waals surface area (Å²) in [6.07, 6.45) is 9.41. The molecule has 3 heterocycles. The van der Waals surface area contributed by atoms with Gasteiger partial charge < -0.3 is 24.1 Å². The number of amides is 1. The normalized spacial score (nSPS) is 35.6. The molecular weight excluding hydrogens is 392 g/mol. The van der Waals surface area contributed by atoms with Gasteiger partial charge in [0.2, 0.25) is 5.91 Å². The highest BCUT2D eigenvalue weighted by molar-refractivity contribution is 5.91. The number of ether oxygens (including phenoxy) is 1. The molecule has 6 heteroatoms. The summed E-state index contributed by atoms with van der Waals surface area (Å²) in [6.45, 7) is 0.922. The molecule has 2 bridgehead atoms. The van der Waals surface area contributed by atoms with Crippen LogP contribution in [-0.4, -0.2) is 65.2 Å². The minimum absolute atomic E-state index is 0.0619. The predicted octanol–water partition coefficient (Wildman–Crippen LogP) is 2.60. The number of hydrogen-bond donors (Lipinski definition) is 1. The Labute approximate surface area is 182 Å². The van der Waals surface area contributed by atoms with Crippen molar-refractivity contribution in [3.63, 3.8) is 0 Å². The second-order valence-electron chi connectivity index (χ2n) is 9.62. The number of likely N-dealkylation sites (tertiary alicyclic amines) is 1. The molecule has 1 saturated heterocycles. The molecule has 162 valence electrons. The largest absolute Gasteiger partial charge is 0.487 e. The first-order valence-electron chi connectivity index (χ1n) is 11.1. The number of piperidine rings is 1. The van der Waals surface area contributed by atoms with Crippen LogP contribution in [0, 0.1) is 0 Å². The van der Waals surface area contributed by atoms with Crippen LogP contribution in [0.4, 0.5) is 0 Å². The van der Waals surface area contributed by atoms with Gasteiger partial charge in [0, 0.05) is 30.3 Å².